The number of hydrogen-bond donors (Lipinski definition) is 1. The van der Waals surface area contributed by atoms with Crippen LogP contribution >= 0.6 is 11.6 Å². The Balaban J connectivity index is 1.26. The minimum absolute atomic E-state index is 0.209. The van der Waals surface area contributed by atoms with Gasteiger partial charge in [-0.05, 0) is 116 Å². The number of rotatable bonds is 8. The number of benzene rings is 1. The third-order valence-corrected chi connectivity index (χ3v) is 11.3. The van der Waals surface area contributed by atoms with Crippen molar-refractivity contribution in [1.82, 2.24) is 24.9 Å². The first kappa shape index (κ1) is 32.6. The number of carbonyl (C=O) groups excluding carboxylic acids is 2. The average Bonchev–Trinajstić information content (AvgIpc) is 3.36. The van der Waals surface area contributed by atoms with Crippen molar-refractivity contribution in [2.75, 3.05) is 27.2 Å². The van der Waals surface area contributed by atoms with Gasteiger partial charge in [-0.1, -0.05) is 43.0 Å². The Morgan fingerprint density at radius 2 is 1.40 bits per heavy atom. The Bertz CT molecular complexity index is 1030. The quantitative estimate of drug-likeness (QED) is 0.372. The van der Waals surface area contributed by atoms with E-state index >= 15 is 0 Å². The molecule has 2 heterocycles. The van der Waals surface area contributed by atoms with Gasteiger partial charge in [0.1, 0.15) is 0 Å². The molecule has 0 spiro atoms. The van der Waals surface area contributed by atoms with E-state index in [1.54, 1.807) is 0 Å². The van der Waals surface area contributed by atoms with E-state index < -0.39 is 0 Å². The predicted octanol–water partition coefficient (Wildman–Crippen LogP) is 6.33. The molecule has 3 amide bonds. The standard InChI is InChI=1S/C35H56ClN5O2/c1-25-10-11-26(2)40(25)35(43)41(31-8-6-5-7-9-31)32-20-22-39(23-21-32)34(42)33(24-27-12-14-28(36)15-13-27)37-29-16-18-30(19-17-29)38(3)4/h12-15,25-26,29-33,37H,5-11,16-24H2,1-4H3/t25-,26-,29-,30+,33-/m1/s1. The van der Waals surface area contributed by atoms with Crippen LogP contribution in [-0.4, -0.2) is 101 Å². The molecule has 1 N–H and O–H groups in total. The van der Waals surface area contributed by atoms with Gasteiger partial charge in [-0.15, -0.1) is 0 Å². The van der Waals surface area contributed by atoms with Crippen molar-refractivity contribution in [3.8, 4) is 0 Å². The Morgan fingerprint density at radius 3 is 1.98 bits per heavy atom. The topological polar surface area (TPSA) is 59.1 Å². The maximum Gasteiger partial charge on any atom is 0.320 e. The van der Waals surface area contributed by atoms with Crippen molar-refractivity contribution in [2.24, 2.45) is 0 Å². The summed E-state index contributed by atoms with van der Waals surface area (Å²) in [6.45, 7) is 5.86. The molecule has 5 rings (SSSR count). The molecule has 0 bridgehead atoms. The van der Waals surface area contributed by atoms with Gasteiger partial charge in [0.25, 0.3) is 0 Å². The third kappa shape index (κ3) is 8.07. The van der Waals surface area contributed by atoms with Crippen molar-refractivity contribution in [2.45, 2.75) is 146 Å². The van der Waals surface area contributed by atoms with Gasteiger partial charge in [0.2, 0.25) is 5.91 Å². The zero-order chi connectivity index (χ0) is 30.5. The van der Waals surface area contributed by atoms with Crippen LogP contribution in [-0.2, 0) is 11.2 Å². The van der Waals surface area contributed by atoms with E-state index in [2.05, 4.69) is 52.9 Å². The summed E-state index contributed by atoms with van der Waals surface area (Å²) >= 11 is 6.18. The van der Waals surface area contributed by atoms with Crippen LogP contribution < -0.4 is 5.32 Å². The van der Waals surface area contributed by atoms with Gasteiger partial charge in [0.15, 0.2) is 0 Å². The Kier molecular flexibility index (Phi) is 11.3. The SMILES string of the molecule is C[C@@H]1CC[C@@H](C)N1C(=O)N(C1CCCCC1)C1CCN(C(=O)[C@@H](Cc2ccc(Cl)cc2)N[C@H]2CC[C@@H](N(C)C)CC2)CC1. The molecule has 0 unspecified atom stereocenters. The molecule has 3 atom stereocenters. The Morgan fingerprint density at radius 1 is 0.814 bits per heavy atom. The van der Waals surface area contributed by atoms with Crippen LogP contribution in [0.15, 0.2) is 24.3 Å². The molecule has 2 saturated heterocycles. The number of carbonyl (C=O) groups is 2. The van der Waals surface area contributed by atoms with E-state index in [0.717, 1.165) is 87.9 Å². The molecule has 0 aromatic heterocycles. The molecule has 4 aliphatic rings. The summed E-state index contributed by atoms with van der Waals surface area (Å²) < 4.78 is 0. The molecule has 2 aliphatic carbocycles. The number of amides is 3. The molecule has 1 aromatic carbocycles. The fourth-order valence-corrected chi connectivity index (χ4v) is 8.50. The molecule has 43 heavy (non-hydrogen) atoms. The Hall–Kier alpha value is -1.83. The molecule has 2 aliphatic heterocycles. The van der Waals surface area contributed by atoms with Crippen LogP contribution in [0.2, 0.25) is 5.02 Å². The molecule has 4 fully saturated rings. The number of likely N-dealkylation sites (tertiary alicyclic amines) is 2. The molecule has 240 valence electrons. The van der Waals surface area contributed by atoms with Gasteiger partial charge >= 0.3 is 6.03 Å². The molecule has 7 nitrogen and oxygen atoms in total. The smallest absolute Gasteiger partial charge is 0.320 e. The minimum atomic E-state index is -0.249. The first-order chi connectivity index (χ1) is 20.7. The molecule has 2 saturated carbocycles. The van der Waals surface area contributed by atoms with Crippen molar-refractivity contribution in [3.63, 3.8) is 0 Å². The van der Waals surface area contributed by atoms with Gasteiger partial charge < -0.3 is 24.9 Å². The molecule has 8 heteroatoms. The lowest BCUT2D eigenvalue weighted by Gasteiger charge is -2.46. The summed E-state index contributed by atoms with van der Waals surface area (Å²) in [6.07, 6.45) is 15.1. The number of hydrogen-bond acceptors (Lipinski definition) is 4. The highest BCUT2D eigenvalue weighted by molar-refractivity contribution is 6.30. The van der Waals surface area contributed by atoms with E-state index in [1.165, 1.54) is 19.3 Å². The first-order valence-electron chi connectivity index (χ1n) is 17.3. The number of halogens is 1. The normalized spacial score (nSPS) is 28.3. The van der Waals surface area contributed by atoms with Gasteiger partial charge in [-0.25, -0.2) is 4.79 Å². The maximum atomic E-state index is 14.2. The van der Waals surface area contributed by atoms with Crippen molar-refractivity contribution < 1.29 is 9.59 Å². The minimum Gasteiger partial charge on any atom is -0.341 e. The predicted molar refractivity (Wildman–Crippen MR) is 176 cm³/mol. The van der Waals surface area contributed by atoms with Gasteiger partial charge in [0.05, 0.1) is 6.04 Å². The van der Waals surface area contributed by atoms with Crippen LogP contribution in [0.25, 0.3) is 0 Å². The second kappa shape index (κ2) is 15.0. The largest absolute Gasteiger partial charge is 0.341 e. The van der Waals surface area contributed by atoms with E-state index in [9.17, 15) is 9.59 Å². The summed E-state index contributed by atoms with van der Waals surface area (Å²) in [5.74, 6) is 0.209. The number of piperidine rings is 1. The van der Waals surface area contributed by atoms with Crippen LogP contribution in [0.5, 0.6) is 0 Å². The average molecular weight is 614 g/mol. The molecule has 0 radical (unpaired) electrons. The zero-order valence-corrected chi connectivity index (χ0v) is 27.9. The van der Waals surface area contributed by atoms with Crippen molar-refractivity contribution in [1.29, 1.82) is 0 Å². The highest BCUT2D eigenvalue weighted by Gasteiger charge is 2.41. The summed E-state index contributed by atoms with van der Waals surface area (Å²) in [4.78, 5) is 37.2. The summed E-state index contributed by atoms with van der Waals surface area (Å²) in [7, 11) is 4.34. The van der Waals surface area contributed by atoms with E-state index in [0.29, 0.717) is 36.6 Å². The Labute approximate surface area is 265 Å². The first-order valence-corrected chi connectivity index (χ1v) is 17.7. The van der Waals surface area contributed by atoms with Crippen LogP contribution in [0, 0.1) is 0 Å². The molecule has 1 aromatic rings. The fraction of sp³-hybridized carbons (Fsp3) is 0.771. The summed E-state index contributed by atoms with van der Waals surface area (Å²) in [5.41, 5.74) is 1.13. The maximum absolute atomic E-state index is 14.2. The van der Waals surface area contributed by atoms with E-state index in [1.807, 2.05) is 24.3 Å². The van der Waals surface area contributed by atoms with E-state index in [-0.39, 0.29) is 24.0 Å². The lowest BCUT2D eigenvalue weighted by atomic mass is 9.89. The van der Waals surface area contributed by atoms with Crippen LogP contribution in [0.4, 0.5) is 4.79 Å². The zero-order valence-electron chi connectivity index (χ0n) is 27.1. The summed E-state index contributed by atoms with van der Waals surface area (Å²) in [5, 5.41) is 4.53. The van der Waals surface area contributed by atoms with Gasteiger partial charge in [-0.2, -0.15) is 0 Å². The van der Waals surface area contributed by atoms with Gasteiger partial charge in [-0.3, -0.25) is 4.79 Å². The summed E-state index contributed by atoms with van der Waals surface area (Å²) in [6, 6.07) is 10.1. The van der Waals surface area contributed by atoms with Crippen molar-refractivity contribution in [3.05, 3.63) is 34.9 Å². The van der Waals surface area contributed by atoms with Crippen LogP contribution in [0.3, 0.4) is 0 Å². The third-order valence-electron chi connectivity index (χ3n) is 11.0. The molecular formula is C35H56ClN5O2. The lowest BCUT2D eigenvalue weighted by Crippen LogP contribution is -2.59. The number of nitrogens with one attached hydrogen (secondary N) is 1. The fourth-order valence-electron chi connectivity index (χ4n) is 8.38. The molecular weight excluding hydrogens is 558 g/mol. The van der Waals surface area contributed by atoms with Crippen LogP contribution in [0.1, 0.15) is 103 Å². The monoisotopic (exact) mass is 613 g/mol. The highest BCUT2D eigenvalue weighted by Crippen LogP contribution is 2.33. The number of nitrogens with zero attached hydrogens (tertiary/aromatic N) is 4. The van der Waals surface area contributed by atoms with Gasteiger partial charge in [0, 0.05) is 54.4 Å². The highest BCUT2D eigenvalue weighted by atomic mass is 35.5. The van der Waals surface area contributed by atoms with E-state index in [4.69, 9.17) is 11.6 Å². The van der Waals surface area contributed by atoms with Crippen molar-refractivity contribution >= 4 is 23.5 Å². The number of urea groups is 1. The lowest BCUT2D eigenvalue weighted by molar-refractivity contribution is -0.135. The second-order valence-electron chi connectivity index (χ2n) is 14.2. The second-order valence-corrected chi connectivity index (χ2v) is 14.7.